The number of para-hydroxylation sites is 1. The Kier molecular flexibility index (Phi) is 7.03. The summed E-state index contributed by atoms with van der Waals surface area (Å²) in [5.74, 6) is -0.0749. The molecule has 0 saturated heterocycles. The molecule has 3 aromatic rings. The van der Waals surface area contributed by atoms with Crippen molar-refractivity contribution in [2.24, 2.45) is 0 Å². The third kappa shape index (κ3) is 5.55. The molecular formula is C21H23ClN4OS. The van der Waals surface area contributed by atoms with E-state index in [2.05, 4.69) is 15.2 Å². The lowest BCUT2D eigenvalue weighted by atomic mass is 10.2. The van der Waals surface area contributed by atoms with E-state index in [0.29, 0.717) is 28.9 Å². The molecule has 0 aliphatic rings. The van der Waals surface area contributed by atoms with Crippen LogP contribution < -0.4 is 5.32 Å². The van der Waals surface area contributed by atoms with Crippen molar-refractivity contribution >= 4 is 39.7 Å². The number of thiazole rings is 1. The number of likely N-dealkylation sites (N-methyl/N-ethyl adjacent to an activating group) is 1. The molecule has 28 heavy (non-hydrogen) atoms. The molecule has 0 aliphatic carbocycles. The Morgan fingerprint density at radius 3 is 2.50 bits per heavy atom. The molecule has 7 heteroatoms. The van der Waals surface area contributed by atoms with Gasteiger partial charge in [0, 0.05) is 25.0 Å². The largest absolute Gasteiger partial charge is 0.332 e. The molecule has 0 spiro atoms. The molecule has 0 radical (unpaired) electrons. The number of nitrogens with one attached hydrogen (secondary N) is 1. The molecule has 146 valence electrons. The first-order valence-corrected chi connectivity index (χ1v) is 10.2. The number of rotatable bonds is 8. The Morgan fingerprint density at radius 2 is 1.79 bits per heavy atom. The summed E-state index contributed by atoms with van der Waals surface area (Å²) in [6.45, 7) is 1.97. The summed E-state index contributed by atoms with van der Waals surface area (Å²) in [7, 11) is 4.00. The Labute approximate surface area is 174 Å². The monoisotopic (exact) mass is 414 g/mol. The number of carbonyl (C=O) groups is 1. The highest BCUT2D eigenvalue weighted by Gasteiger charge is 2.19. The van der Waals surface area contributed by atoms with E-state index >= 15 is 0 Å². The Hall–Kier alpha value is -2.41. The van der Waals surface area contributed by atoms with Crippen LogP contribution in [0.4, 0.5) is 10.8 Å². The molecule has 1 amide bonds. The number of hydrogen-bond donors (Lipinski definition) is 1. The van der Waals surface area contributed by atoms with Gasteiger partial charge in [0.2, 0.25) is 0 Å². The number of nitrogens with zero attached hydrogens (tertiary/aromatic N) is 3. The summed E-state index contributed by atoms with van der Waals surface area (Å²) in [5, 5.41) is 6.23. The Bertz CT molecular complexity index is 914. The summed E-state index contributed by atoms with van der Waals surface area (Å²) >= 11 is 7.58. The minimum absolute atomic E-state index is 0.0749. The molecule has 0 aliphatic heterocycles. The van der Waals surface area contributed by atoms with E-state index in [4.69, 9.17) is 11.6 Å². The Balaban J connectivity index is 1.74. The molecule has 3 rings (SSSR count). The molecular weight excluding hydrogens is 392 g/mol. The van der Waals surface area contributed by atoms with Gasteiger partial charge in [-0.25, -0.2) is 4.98 Å². The fraction of sp³-hybridized carbons (Fsp3) is 0.238. The van der Waals surface area contributed by atoms with Crippen molar-refractivity contribution < 1.29 is 4.79 Å². The zero-order chi connectivity index (χ0) is 19.9. The minimum Gasteiger partial charge on any atom is -0.332 e. The van der Waals surface area contributed by atoms with E-state index in [9.17, 15) is 4.79 Å². The molecule has 2 aromatic carbocycles. The van der Waals surface area contributed by atoms with Gasteiger partial charge in [-0.05, 0) is 31.8 Å². The van der Waals surface area contributed by atoms with E-state index < -0.39 is 0 Å². The molecule has 0 saturated carbocycles. The topological polar surface area (TPSA) is 48.5 Å². The van der Waals surface area contributed by atoms with Gasteiger partial charge >= 0.3 is 0 Å². The average molecular weight is 415 g/mol. The van der Waals surface area contributed by atoms with Crippen LogP contribution in [0.3, 0.4) is 0 Å². The number of aromatic nitrogens is 1. The zero-order valence-corrected chi connectivity index (χ0v) is 17.5. The van der Waals surface area contributed by atoms with Gasteiger partial charge in [0.05, 0.1) is 10.7 Å². The second kappa shape index (κ2) is 9.68. The van der Waals surface area contributed by atoms with Gasteiger partial charge < -0.3 is 15.1 Å². The second-order valence-electron chi connectivity index (χ2n) is 6.66. The van der Waals surface area contributed by atoms with E-state index in [-0.39, 0.29) is 5.91 Å². The second-order valence-corrected chi connectivity index (χ2v) is 7.92. The number of halogens is 1. The summed E-state index contributed by atoms with van der Waals surface area (Å²) < 4.78 is 0. The van der Waals surface area contributed by atoms with Gasteiger partial charge in [-0.1, -0.05) is 54.1 Å². The zero-order valence-electron chi connectivity index (χ0n) is 15.9. The summed E-state index contributed by atoms with van der Waals surface area (Å²) in [6, 6.07) is 17.5. The van der Waals surface area contributed by atoms with Crippen molar-refractivity contribution in [1.29, 1.82) is 0 Å². The van der Waals surface area contributed by atoms with Gasteiger partial charge in [0.1, 0.15) is 5.69 Å². The van der Waals surface area contributed by atoms with E-state index in [1.165, 1.54) is 11.3 Å². The van der Waals surface area contributed by atoms with Crippen molar-refractivity contribution in [3.8, 4) is 0 Å². The van der Waals surface area contributed by atoms with Crippen LogP contribution in [-0.4, -0.2) is 47.9 Å². The highest BCUT2D eigenvalue weighted by atomic mass is 35.5. The fourth-order valence-corrected chi connectivity index (χ4v) is 3.53. The van der Waals surface area contributed by atoms with E-state index in [0.717, 1.165) is 17.8 Å². The third-order valence-corrected chi connectivity index (χ3v) is 5.25. The summed E-state index contributed by atoms with van der Waals surface area (Å²) in [6.07, 6.45) is 0. The summed E-state index contributed by atoms with van der Waals surface area (Å²) in [5.41, 5.74) is 2.31. The smallest absolute Gasteiger partial charge is 0.273 e. The maximum atomic E-state index is 13.1. The molecule has 1 heterocycles. The van der Waals surface area contributed by atoms with Crippen LogP contribution in [0, 0.1) is 0 Å². The van der Waals surface area contributed by atoms with Crippen molar-refractivity contribution in [3.63, 3.8) is 0 Å². The number of benzene rings is 2. The summed E-state index contributed by atoms with van der Waals surface area (Å²) in [4.78, 5) is 21.5. The van der Waals surface area contributed by atoms with Crippen LogP contribution in [0.2, 0.25) is 5.02 Å². The van der Waals surface area contributed by atoms with Crippen LogP contribution in [0.1, 0.15) is 16.1 Å². The van der Waals surface area contributed by atoms with Crippen LogP contribution in [0.5, 0.6) is 0 Å². The number of amides is 1. The van der Waals surface area contributed by atoms with Gasteiger partial charge in [0.15, 0.2) is 5.13 Å². The van der Waals surface area contributed by atoms with Crippen molar-refractivity contribution in [2.75, 3.05) is 32.5 Å². The molecule has 1 N–H and O–H groups in total. The standard InChI is InChI=1S/C21H23ClN4OS/c1-25(2)12-13-26(14-16-8-4-3-5-9-16)20(27)19-15-28-21(24-19)23-18-11-7-6-10-17(18)22/h3-11,15H,12-14H2,1-2H3,(H,23,24). The molecule has 0 bridgehead atoms. The molecule has 0 unspecified atom stereocenters. The van der Waals surface area contributed by atoms with E-state index in [1.807, 2.05) is 73.6 Å². The lowest BCUT2D eigenvalue weighted by molar-refractivity contribution is 0.0727. The van der Waals surface area contributed by atoms with Crippen LogP contribution in [0.15, 0.2) is 60.0 Å². The SMILES string of the molecule is CN(C)CCN(Cc1ccccc1)C(=O)c1csc(Nc2ccccc2Cl)n1. The number of anilines is 2. The lowest BCUT2D eigenvalue weighted by Crippen LogP contribution is -2.36. The average Bonchev–Trinajstić information content (AvgIpc) is 3.15. The third-order valence-electron chi connectivity index (χ3n) is 4.16. The van der Waals surface area contributed by atoms with Gasteiger partial charge in [-0.2, -0.15) is 0 Å². The van der Waals surface area contributed by atoms with Crippen LogP contribution in [0.25, 0.3) is 0 Å². The molecule has 1 aromatic heterocycles. The van der Waals surface area contributed by atoms with Crippen molar-refractivity contribution in [3.05, 3.63) is 76.3 Å². The van der Waals surface area contributed by atoms with Crippen molar-refractivity contribution in [2.45, 2.75) is 6.54 Å². The van der Waals surface area contributed by atoms with Crippen LogP contribution >= 0.6 is 22.9 Å². The molecule has 5 nitrogen and oxygen atoms in total. The van der Waals surface area contributed by atoms with Gasteiger partial charge in [-0.3, -0.25) is 4.79 Å². The normalized spacial score (nSPS) is 10.9. The maximum Gasteiger partial charge on any atom is 0.273 e. The first kappa shape index (κ1) is 20.3. The molecule has 0 atom stereocenters. The van der Waals surface area contributed by atoms with Crippen molar-refractivity contribution in [1.82, 2.24) is 14.8 Å². The Morgan fingerprint density at radius 1 is 1.07 bits per heavy atom. The van der Waals surface area contributed by atoms with Gasteiger partial charge in [0.25, 0.3) is 5.91 Å². The maximum absolute atomic E-state index is 13.1. The molecule has 0 fully saturated rings. The predicted octanol–water partition coefficient (Wildman–Crippen LogP) is 4.74. The minimum atomic E-state index is -0.0749. The van der Waals surface area contributed by atoms with E-state index in [1.54, 1.807) is 5.38 Å². The quantitative estimate of drug-likeness (QED) is 0.578. The highest BCUT2D eigenvalue weighted by molar-refractivity contribution is 7.14. The predicted molar refractivity (Wildman–Crippen MR) is 117 cm³/mol. The first-order valence-electron chi connectivity index (χ1n) is 8.98. The number of carbonyl (C=O) groups excluding carboxylic acids is 1. The lowest BCUT2D eigenvalue weighted by Gasteiger charge is -2.24. The fourth-order valence-electron chi connectivity index (χ4n) is 2.65. The van der Waals surface area contributed by atoms with Gasteiger partial charge in [-0.15, -0.1) is 11.3 Å². The van der Waals surface area contributed by atoms with Crippen LogP contribution in [-0.2, 0) is 6.54 Å². The number of hydrogen-bond acceptors (Lipinski definition) is 5. The first-order chi connectivity index (χ1) is 13.5. The highest BCUT2D eigenvalue weighted by Crippen LogP contribution is 2.27.